The molecule has 1 saturated heterocycles. The smallest absolute Gasteiger partial charge is 0.222 e. The van der Waals surface area contributed by atoms with E-state index in [1.54, 1.807) is 0 Å². The van der Waals surface area contributed by atoms with Crippen LogP contribution in [0.3, 0.4) is 0 Å². The van der Waals surface area contributed by atoms with E-state index >= 15 is 0 Å². The van der Waals surface area contributed by atoms with Crippen LogP contribution in [0.15, 0.2) is 24.3 Å². The van der Waals surface area contributed by atoms with Gasteiger partial charge in [-0.25, -0.2) is 0 Å². The molecule has 0 bridgehead atoms. The third-order valence-electron chi connectivity index (χ3n) is 5.60. The summed E-state index contributed by atoms with van der Waals surface area (Å²) >= 11 is 0. The molecule has 1 aromatic rings. The Morgan fingerprint density at radius 2 is 1.46 bits per heavy atom. The average molecular weight is 387 g/mol. The summed E-state index contributed by atoms with van der Waals surface area (Å²) in [5, 5.41) is 0. The third-order valence-corrected chi connectivity index (χ3v) is 5.60. The van der Waals surface area contributed by atoms with E-state index < -0.39 is 0 Å². The number of hydrogen-bond donors (Lipinski definition) is 0. The minimum absolute atomic E-state index is 0.0237. The van der Waals surface area contributed by atoms with Gasteiger partial charge >= 0.3 is 0 Å². The standard InChI is InChI=1S/C24H38N2O2/c1-19(2)9-7-5-6-8-10-23(27)26-17-15-25(16-18-26)22-13-11-21(12-14-22)24(28)20(3)4/h11-14,19-20H,5-10,15-18H2,1-4H3. The summed E-state index contributed by atoms with van der Waals surface area (Å²) in [6.07, 6.45) is 6.69. The second-order valence-electron chi connectivity index (χ2n) is 8.78. The van der Waals surface area contributed by atoms with Gasteiger partial charge in [-0.1, -0.05) is 53.4 Å². The molecule has 0 radical (unpaired) electrons. The fourth-order valence-electron chi connectivity index (χ4n) is 3.72. The number of unbranched alkanes of at least 4 members (excludes halogenated alkanes) is 3. The summed E-state index contributed by atoms with van der Waals surface area (Å²) in [7, 11) is 0. The van der Waals surface area contributed by atoms with Crippen LogP contribution in [0, 0.1) is 11.8 Å². The number of Topliss-reactive ketones (excluding diaryl/α,β-unsaturated/α-hetero) is 1. The molecule has 1 heterocycles. The molecule has 156 valence electrons. The van der Waals surface area contributed by atoms with Crippen LogP contribution in [0.1, 0.15) is 76.6 Å². The van der Waals surface area contributed by atoms with Crippen molar-refractivity contribution in [3.8, 4) is 0 Å². The largest absolute Gasteiger partial charge is 0.368 e. The van der Waals surface area contributed by atoms with E-state index in [0.29, 0.717) is 12.3 Å². The summed E-state index contributed by atoms with van der Waals surface area (Å²) in [5.41, 5.74) is 1.92. The van der Waals surface area contributed by atoms with Crippen LogP contribution in [-0.2, 0) is 4.79 Å². The topological polar surface area (TPSA) is 40.6 Å². The molecule has 0 N–H and O–H groups in total. The van der Waals surface area contributed by atoms with Crippen molar-refractivity contribution in [3.63, 3.8) is 0 Å². The third kappa shape index (κ3) is 6.96. The quantitative estimate of drug-likeness (QED) is 0.411. The molecule has 1 aliphatic rings. The van der Waals surface area contributed by atoms with Gasteiger partial charge < -0.3 is 9.80 Å². The second-order valence-corrected chi connectivity index (χ2v) is 8.78. The first-order valence-electron chi connectivity index (χ1n) is 11.1. The molecule has 4 heteroatoms. The minimum Gasteiger partial charge on any atom is -0.368 e. The van der Waals surface area contributed by atoms with Crippen molar-refractivity contribution in [1.82, 2.24) is 4.90 Å². The van der Waals surface area contributed by atoms with Gasteiger partial charge in [0.05, 0.1) is 0 Å². The van der Waals surface area contributed by atoms with Gasteiger partial charge in [0.2, 0.25) is 5.91 Å². The van der Waals surface area contributed by atoms with Crippen LogP contribution in [0.2, 0.25) is 0 Å². The van der Waals surface area contributed by atoms with Gasteiger partial charge in [0.25, 0.3) is 0 Å². The molecule has 2 rings (SSSR count). The van der Waals surface area contributed by atoms with Gasteiger partial charge in [0.15, 0.2) is 5.78 Å². The molecule has 4 nitrogen and oxygen atoms in total. The molecule has 1 amide bonds. The second kappa shape index (κ2) is 11.2. The lowest BCUT2D eigenvalue weighted by atomic mass is 10.0. The lowest BCUT2D eigenvalue weighted by Gasteiger charge is -2.36. The fourth-order valence-corrected chi connectivity index (χ4v) is 3.72. The molecule has 0 spiro atoms. The molecule has 0 aromatic heterocycles. The highest BCUT2D eigenvalue weighted by atomic mass is 16.2. The molecule has 0 saturated carbocycles. The summed E-state index contributed by atoms with van der Waals surface area (Å²) in [4.78, 5) is 28.8. The number of ketones is 1. The van der Waals surface area contributed by atoms with Gasteiger partial charge in [-0.2, -0.15) is 0 Å². The first-order chi connectivity index (χ1) is 13.4. The molecule has 1 aliphatic heterocycles. The summed E-state index contributed by atoms with van der Waals surface area (Å²) < 4.78 is 0. The first kappa shape index (κ1) is 22.4. The minimum atomic E-state index is 0.0237. The first-order valence-corrected chi connectivity index (χ1v) is 11.1. The van der Waals surface area contributed by atoms with E-state index in [4.69, 9.17) is 0 Å². The van der Waals surface area contributed by atoms with Gasteiger partial charge in [-0.3, -0.25) is 9.59 Å². The van der Waals surface area contributed by atoms with E-state index in [-0.39, 0.29) is 11.7 Å². The number of carbonyl (C=O) groups excluding carboxylic acids is 2. The number of carbonyl (C=O) groups is 2. The van der Waals surface area contributed by atoms with Crippen LogP contribution in [-0.4, -0.2) is 42.8 Å². The number of amides is 1. The lowest BCUT2D eigenvalue weighted by Crippen LogP contribution is -2.48. The van der Waals surface area contributed by atoms with Gasteiger partial charge in [-0.15, -0.1) is 0 Å². The van der Waals surface area contributed by atoms with Crippen molar-refractivity contribution >= 4 is 17.4 Å². The van der Waals surface area contributed by atoms with Gasteiger partial charge in [0, 0.05) is 49.8 Å². The Kier molecular flexibility index (Phi) is 9.01. The van der Waals surface area contributed by atoms with Crippen LogP contribution >= 0.6 is 0 Å². The Morgan fingerprint density at radius 1 is 0.857 bits per heavy atom. The zero-order valence-corrected chi connectivity index (χ0v) is 18.2. The maximum atomic E-state index is 12.4. The zero-order chi connectivity index (χ0) is 20.5. The highest BCUT2D eigenvalue weighted by Gasteiger charge is 2.21. The number of anilines is 1. The predicted molar refractivity (Wildman–Crippen MR) is 117 cm³/mol. The Labute approximate surface area is 171 Å². The van der Waals surface area contributed by atoms with Crippen LogP contribution < -0.4 is 4.90 Å². The van der Waals surface area contributed by atoms with E-state index in [1.165, 1.54) is 25.7 Å². The lowest BCUT2D eigenvalue weighted by molar-refractivity contribution is -0.131. The number of nitrogens with zero attached hydrogens (tertiary/aromatic N) is 2. The molecule has 0 aliphatic carbocycles. The van der Waals surface area contributed by atoms with E-state index in [0.717, 1.165) is 49.8 Å². The summed E-state index contributed by atoms with van der Waals surface area (Å²) in [5.74, 6) is 1.30. The molecular weight excluding hydrogens is 348 g/mol. The molecule has 1 aromatic carbocycles. The van der Waals surface area contributed by atoms with Gasteiger partial charge in [-0.05, 0) is 36.6 Å². The SMILES string of the molecule is CC(C)CCCCCCC(=O)N1CCN(c2ccc(C(=O)C(C)C)cc2)CC1. The zero-order valence-electron chi connectivity index (χ0n) is 18.2. The molecule has 1 fully saturated rings. The summed E-state index contributed by atoms with van der Waals surface area (Å²) in [6, 6.07) is 7.91. The Bertz CT molecular complexity index is 614. The van der Waals surface area contributed by atoms with Gasteiger partial charge in [0.1, 0.15) is 0 Å². The fraction of sp³-hybridized carbons (Fsp3) is 0.667. The van der Waals surface area contributed by atoms with E-state index in [9.17, 15) is 9.59 Å². The highest BCUT2D eigenvalue weighted by Crippen LogP contribution is 2.19. The average Bonchev–Trinajstić information content (AvgIpc) is 2.69. The highest BCUT2D eigenvalue weighted by molar-refractivity contribution is 5.97. The monoisotopic (exact) mass is 386 g/mol. The molecule has 0 unspecified atom stereocenters. The summed E-state index contributed by atoms with van der Waals surface area (Å²) in [6.45, 7) is 11.7. The maximum absolute atomic E-state index is 12.4. The number of rotatable bonds is 10. The van der Waals surface area contributed by atoms with Crippen molar-refractivity contribution in [2.45, 2.75) is 66.2 Å². The molecule has 0 atom stereocenters. The Morgan fingerprint density at radius 3 is 2.04 bits per heavy atom. The number of benzene rings is 1. The maximum Gasteiger partial charge on any atom is 0.222 e. The predicted octanol–water partition coefficient (Wildman–Crippen LogP) is 5.17. The van der Waals surface area contributed by atoms with Crippen molar-refractivity contribution in [1.29, 1.82) is 0 Å². The number of hydrogen-bond acceptors (Lipinski definition) is 3. The van der Waals surface area contributed by atoms with E-state index in [2.05, 4.69) is 18.7 Å². The molecule has 28 heavy (non-hydrogen) atoms. The van der Waals surface area contributed by atoms with Crippen molar-refractivity contribution in [3.05, 3.63) is 29.8 Å². The van der Waals surface area contributed by atoms with Crippen molar-refractivity contribution in [2.75, 3.05) is 31.1 Å². The van der Waals surface area contributed by atoms with Crippen LogP contribution in [0.25, 0.3) is 0 Å². The number of piperazine rings is 1. The molecular formula is C24H38N2O2. The van der Waals surface area contributed by atoms with Crippen molar-refractivity contribution < 1.29 is 9.59 Å². The van der Waals surface area contributed by atoms with Crippen LogP contribution in [0.4, 0.5) is 5.69 Å². The van der Waals surface area contributed by atoms with Crippen LogP contribution in [0.5, 0.6) is 0 Å². The van der Waals surface area contributed by atoms with E-state index in [1.807, 2.05) is 43.0 Å². The van der Waals surface area contributed by atoms with Crippen molar-refractivity contribution in [2.24, 2.45) is 11.8 Å². The Hall–Kier alpha value is -1.84. The normalized spacial score (nSPS) is 14.8. The Balaban J connectivity index is 1.70.